The van der Waals surface area contributed by atoms with Crippen molar-refractivity contribution in [3.63, 3.8) is 0 Å². The number of hydrogen-bond acceptors (Lipinski definition) is 4. The zero-order valence-corrected chi connectivity index (χ0v) is 13.1. The molecule has 1 saturated heterocycles. The minimum atomic E-state index is 0.288. The van der Waals surface area contributed by atoms with E-state index < -0.39 is 0 Å². The zero-order chi connectivity index (χ0) is 14.5. The van der Waals surface area contributed by atoms with Crippen LogP contribution in [-0.2, 0) is 11.3 Å². The van der Waals surface area contributed by atoms with Crippen LogP contribution in [0.15, 0.2) is 18.5 Å². The van der Waals surface area contributed by atoms with Gasteiger partial charge >= 0.3 is 0 Å². The van der Waals surface area contributed by atoms with E-state index in [0.29, 0.717) is 12.0 Å². The molecule has 0 saturated carbocycles. The first-order valence-electron chi connectivity index (χ1n) is 7.59. The van der Waals surface area contributed by atoms with E-state index in [1.165, 1.54) is 11.3 Å². The summed E-state index contributed by atoms with van der Waals surface area (Å²) in [5.74, 6) is 0.664. The molecular formula is C16H27N3O. The van der Waals surface area contributed by atoms with Gasteiger partial charge in [0.15, 0.2) is 0 Å². The lowest BCUT2D eigenvalue weighted by Gasteiger charge is -2.39. The lowest BCUT2D eigenvalue weighted by Crippen LogP contribution is -2.48. The second-order valence-electron chi connectivity index (χ2n) is 6.17. The molecule has 20 heavy (non-hydrogen) atoms. The van der Waals surface area contributed by atoms with E-state index in [2.05, 4.69) is 49.0 Å². The van der Waals surface area contributed by atoms with Crippen LogP contribution >= 0.6 is 0 Å². The van der Waals surface area contributed by atoms with Gasteiger partial charge in [-0.1, -0.05) is 13.8 Å². The fourth-order valence-electron chi connectivity index (χ4n) is 2.57. The second kappa shape index (κ2) is 7.04. The molecule has 0 amide bonds. The van der Waals surface area contributed by atoms with Crippen LogP contribution in [0.5, 0.6) is 0 Å². The molecule has 1 aromatic rings. The van der Waals surface area contributed by atoms with E-state index in [1.54, 1.807) is 0 Å². The average molecular weight is 277 g/mol. The smallest absolute Gasteiger partial charge is 0.0723 e. The van der Waals surface area contributed by atoms with Crippen molar-refractivity contribution in [1.29, 1.82) is 0 Å². The van der Waals surface area contributed by atoms with Gasteiger partial charge in [-0.05, 0) is 32.4 Å². The van der Waals surface area contributed by atoms with Gasteiger partial charge in [0.1, 0.15) is 0 Å². The van der Waals surface area contributed by atoms with Crippen molar-refractivity contribution in [2.75, 3.05) is 24.6 Å². The molecule has 2 heterocycles. The van der Waals surface area contributed by atoms with Crippen molar-refractivity contribution in [3.8, 4) is 0 Å². The summed E-state index contributed by atoms with van der Waals surface area (Å²) < 4.78 is 5.72. The third-order valence-corrected chi connectivity index (χ3v) is 3.66. The molecule has 0 aliphatic carbocycles. The molecule has 1 aromatic heterocycles. The highest BCUT2D eigenvalue weighted by Gasteiger charge is 2.25. The molecule has 1 aliphatic heterocycles. The number of nitrogens with zero attached hydrogens (tertiary/aromatic N) is 2. The molecule has 0 radical (unpaired) electrons. The molecule has 0 aromatic carbocycles. The molecule has 1 N–H and O–H groups in total. The van der Waals surface area contributed by atoms with Gasteiger partial charge in [-0.15, -0.1) is 0 Å². The molecule has 0 bridgehead atoms. The van der Waals surface area contributed by atoms with Gasteiger partial charge in [-0.3, -0.25) is 4.98 Å². The predicted octanol–water partition coefficient (Wildman–Crippen LogP) is 2.44. The standard InChI is InChI=1S/C16H27N3O/c1-12(2)7-18-9-15-8-17-6-5-16(15)19-10-14(4)20-11-13(19)3/h5-6,8,12-14,18H,7,9-11H2,1-4H3. The van der Waals surface area contributed by atoms with E-state index in [-0.39, 0.29) is 6.10 Å². The first-order chi connectivity index (χ1) is 9.58. The number of nitrogens with one attached hydrogen (secondary N) is 1. The summed E-state index contributed by atoms with van der Waals surface area (Å²) >= 11 is 0. The Hall–Kier alpha value is -1.13. The maximum atomic E-state index is 5.72. The Kier molecular flexibility index (Phi) is 5.38. The summed E-state index contributed by atoms with van der Waals surface area (Å²) in [6.07, 6.45) is 4.15. The monoisotopic (exact) mass is 277 g/mol. The van der Waals surface area contributed by atoms with Crippen molar-refractivity contribution < 1.29 is 4.74 Å². The van der Waals surface area contributed by atoms with Crippen LogP contribution < -0.4 is 10.2 Å². The summed E-state index contributed by atoms with van der Waals surface area (Å²) in [4.78, 5) is 6.73. The summed E-state index contributed by atoms with van der Waals surface area (Å²) in [5, 5.41) is 3.51. The highest BCUT2D eigenvalue weighted by molar-refractivity contribution is 5.53. The number of anilines is 1. The van der Waals surface area contributed by atoms with Crippen LogP contribution in [-0.4, -0.2) is 36.8 Å². The van der Waals surface area contributed by atoms with E-state index in [9.17, 15) is 0 Å². The topological polar surface area (TPSA) is 37.4 Å². The Morgan fingerprint density at radius 3 is 3.00 bits per heavy atom. The summed E-state index contributed by atoms with van der Waals surface area (Å²) in [6, 6.07) is 2.54. The fourth-order valence-corrected chi connectivity index (χ4v) is 2.57. The SMILES string of the molecule is CC(C)CNCc1cnccc1N1CC(C)OCC1C. The third-order valence-electron chi connectivity index (χ3n) is 3.66. The van der Waals surface area contributed by atoms with Gasteiger partial charge in [-0.2, -0.15) is 0 Å². The van der Waals surface area contributed by atoms with Gasteiger partial charge in [0, 0.05) is 42.8 Å². The Labute approximate surface area is 122 Å². The normalized spacial score (nSPS) is 23.4. The molecule has 1 aliphatic rings. The van der Waals surface area contributed by atoms with Crippen molar-refractivity contribution in [2.24, 2.45) is 5.92 Å². The number of ether oxygens (including phenoxy) is 1. The van der Waals surface area contributed by atoms with E-state index in [0.717, 1.165) is 26.2 Å². The minimum absolute atomic E-state index is 0.288. The minimum Gasteiger partial charge on any atom is -0.375 e. The van der Waals surface area contributed by atoms with Crippen molar-refractivity contribution >= 4 is 5.69 Å². The number of hydrogen-bond donors (Lipinski definition) is 1. The van der Waals surface area contributed by atoms with Gasteiger partial charge in [0.2, 0.25) is 0 Å². The lowest BCUT2D eigenvalue weighted by molar-refractivity contribution is 0.0343. The van der Waals surface area contributed by atoms with E-state index >= 15 is 0 Å². The summed E-state index contributed by atoms with van der Waals surface area (Å²) in [6.45, 7) is 12.5. The quantitative estimate of drug-likeness (QED) is 0.897. The Bertz CT molecular complexity index is 422. The molecule has 4 nitrogen and oxygen atoms in total. The van der Waals surface area contributed by atoms with Crippen LogP contribution in [0.2, 0.25) is 0 Å². The number of rotatable bonds is 5. The van der Waals surface area contributed by atoms with Gasteiger partial charge in [-0.25, -0.2) is 0 Å². The lowest BCUT2D eigenvalue weighted by atomic mass is 10.1. The Morgan fingerprint density at radius 2 is 2.25 bits per heavy atom. The first-order valence-corrected chi connectivity index (χ1v) is 7.59. The number of aromatic nitrogens is 1. The van der Waals surface area contributed by atoms with Gasteiger partial charge in [0.05, 0.1) is 12.7 Å². The van der Waals surface area contributed by atoms with E-state index in [4.69, 9.17) is 4.74 Å². The largest absolute Gasteiger partial charge is 0.375 e. The third kappa shape index (κ3) is 3.93. The second-order valence-corrected chi connectivity index (χ2v) is 6.17. The summed E-state index contributed by atoms with van der Waals surface area (Å²) in [5.41, 5.74) is 2.56. The molecule has 0 spiro atoms. The van der Waals surface area contributed by atoms with Gasteiger partial charge in [0.25, 0.3) is 0 Å². The van der Waals surface area contributed by atoms with Crippen LogP contribution in [0.1, 0.15) is 33.3 Å². The van der Waals surface area contributed by atoms with E-state index in [1.807, 2.05) is 12.4 Å². The van der Waals surface area contributed by atoms with Gasteiger partial charge < -0.3 is 15.0 Å². The molecule has 2 rings (SSSR count). The van der Waals surface area contributed by atoms with Crippen LogP contribution in [0.25, 0.3) is 0 Å². The maximum absolute atomic E-state index is 5.72. The Morgan fingerprint density at radius 1 is 1.45 bits per heavy atom. The number of pyridine rings is 1. The van der Waals surface area contributed by atoms with Crippen LogP contribution in [0, 0.1) is 5.92 Å². The molecule has 2 unspecified atom stereocenters. The molecule has 2 atom stereocenters. The number of morpholine rings is 1. The summed E-state index contributed by atoms with van der Waals surface area (Å²) in [7, 11) is 0. The molecule has 4 heteroatoms. The van der Waals surface area contributed by atoms with Crippen LogP contribution in [0.3, 0.4) is 0 Å². The van der Waals surface area contributed by atoms with Crippen LogP contribution in [0.4, 0.5) is 5.69 Å². The Balaban J connectivity index is 2.10. The molecule has 112 valence electrons. The van der Waals surface area contributed by atoms with Crippen molar-refractivity contribution in [1.82, 2.24) is 10.3 Å². The van der Waals surface area contributed by atoms with Crippen molar-refractivity contribution in [3.05, 3.63) is 24.0 Å². The zero-order valence-electron chi connectivity index (χ0n) is 13.1. The molecular weight excluding hydrogens is 250 g/mol. The van der Waals surface area contributed by atoms with Crippen molar-refractivity contribution in [2.45, 2.75) is 46.4 Å². The first kappa shape index (κ1) is 15.3. The highest BCUT2D eigenvalue weighted by Crippen LogP contribution is 2.25. The maximum Gasteiger partial charge on any atom is 0.0723 e. The molecule has 1 fully saturated rings. The average Bonchev–Trinajstić information content (AvgIpc) is 2.42. The fraction of sp³-hybridized carbons (Fsp3) is 0.688. The highest BCUT2D eigenvalue weighted by atomic mass is 16.5. The predicted molar refractivity (Wildman–Crippen MR) is 83.0 cm³/mol.